The molecule has 0 saturated carbocycles. The van der Waals surface area contributed by atoms with Crippen molar-refractivity contribution in [2.24, 2.45) is 0 Å². The normalized spacial score (nSPS) is 11.2. The van der Waals surface area contributed by atoms with Crippen LogP contribution in [0.15, 0.2) is 0 Å². The van der Waals surface area contributed by atoms with Gasteiger partial charge in [0.15, 0.2) is 0 Å². The van der Waals surface area contributed by atoms with Crippen LogP contribution in [0.4, 0.5) is 13.2 Å². The molecule has 0 aliphatic carbocycles. The number of halogens is 3. The van der Waals surface area contributed by atoms with E-state index in [-0.39, 0.29) is 5.75 Å². The molecule has 0 fully saturated rings. The minimum absolute atomic E-state index is 0.372. The second-order valence-corrected chi connectivity index (χ2v) is 3.74. The second kappa shape index (κ2) is 5.84. The number of carbonyl (C=O) groups is 2. The van der Waals surface area contributed by atoms with Crippen molar-refractivity contribution in [3.63, 3.8) is 0 Å². The van der Waals surface area contributed by atoms with Gasteiger partial charge < -0.3 is 10.0 Å². The summed E-state index contributed by atoms with van der Waals surface area (Å²) in [6, 6.07) is 0. The summed E-state index contributed by atoms with van der Waals surface area (Å²) in [6.07, 6.45) is -4.31. The molecule has 0 saturated heterocycles. The number of thioether (sulfide) groups is 1. The average Bonchev–Trinajstić information content (AvgIpc) is 2.00. The van der Waals surface area contributed by atoms with Crippen LogP contribution in [0.5, 0.6) is 0 Å². The smallest absolute Gasteiger partial charge is 0.397 e. The Bertz CT molecular complexity index is 244. The maximum absolute atomic E-state index is 11.7. The molecule has 1 amide bonds. The van der Waals surface area contributed by atoms with Crippen molar-refractivity contribution in [3.8, 4) is 0 Å². The topological polar surface area (TPSA) is 57.6 Å². The summed E-state index contributed by atoms with van der Waals surface area (Å²) in [4.78, 5) is 22.1. The largest absolute Gasteiger partial charge is 0.480 e. The van der Waals surface area contributed by atoms with Crippen LogP contribution in [0.25, 0.3) is 0 Å². The molecule has 0 spiro atoms. The number of likely N-dealkylation sites (N-methyl/N-ethyl adjacent to an activating group) is 1. The van der Waals surface area contributed by atoms with Crippen LogP contribution in [0.2, 0.25) is 0 Å². The van der Waals surface area contributed by atoms with Crippen molar-refractivity contribution in [2.45, 2.75) is 6.18 Å². The number of hydrogen-bond acceptors (Lipinski definition) is 3. The van der Waals surface area contributed by atoms with Crippen molar-refractivity contribution in [3.05, 3.63) is 0 Å². The third-order valence-corrected chi connectivity index (χ3v) is 2.27. The van der Waals surface area contributed by atoms with Gasteiger partial charge in [-0.2, -0.15) is 13.2 Å². The highest BCUT2D eigenvalue weighted by atomic mass is 32.2. The van der Waals surface area contributed by atoms with E-state index in [9.17, 15) is 22.8 Å². The summed E-state index contributed by atoms with van der Waals surface area (Å²) >= 11 is 0.415. The third-order valence-electron chi connectivity index (χ3n) is 1.29. The molecule has 8 heteroatoms. The van der Waals surface area contributed by atoms with Gasteiger partial charge >= 0.3 is 12.1 Å². The Kier molecular flexibility index (Phi) is 5.48. The maximum atomic E-state index is 11.7. The first-order valence-corrected chi connectivity index (χ1v) is 4.98. The van der Waals surface area contributed by atoms with Crippen molar-refractivity contribution in [1.29, 1.82) is 0 Å². The van der Waals surface area contributed by atoms with Crippen LogP contribution >= 0.6 is 11.8 Å². The molecule has 0 bridgehead atoms. The number of nitrogens with zero attached hydrogens (tertiary/aromatic N) is 1. The van der Waals surface area contributed by atoms with Crippen LogP contribution in [0, 0.1) is 0 Å². The zero-order valence-electron chi connectivity index (χ0n) is 7.87. The molecule has 0 aromatic heterocycles. The monoisotopic (exact) mass is 245 g/mol. The molecule has 0 heterocycles. The van der Waals surface area contributed by atoms with Gasteiger partial charge in [0.2, 0.25) is 5.91 Å². The molecule has 0 rings (SSSR count). The summed E-state index contributed by atoms with van der Waals surface area (Å²) < 4.78 is 35.0. The van der Waals surface area contributed by atoms with Gasteiger partial charge in [-0.1, -0.05) is 0 Å². The average molecular weight is 245 g/mol. The molecule has 1 N–H and O–H groups in total. The Balaban J connectivity index is 3.79. The molecular weight excluding hydrogens is 235 g/mol. The van der Waals surface area contributed by atoms with Gasteiger partial charge in [0.05, 0.1) is 11.5 Å². The van der Waals surface area contributed by atoms with Crippen LogP contribution in [0.1, 0.15) is 0 Å². The zero-order valence-corrected chi connectivity index (χ0v) is 8.69. The zero-order chi connectivity index (χ0) is 12.1. The maximum Gasteiger partial charge on any atom is 0.397 e. The highest BCUT2D eigenvalue weighted by Crippen LogP contribution is 2.20. The molecule has 15 heavy (non-hydrogen) atoms. The van der Waals surface area contributed by atoms with Crippen molar-refractivity contribution >= 4 is 23.6 Å². The number of carboxylic acid groups (broad SMARTS) is 1. The Hall–Kier alpha value is -0.920. The lowest BCUT2D eigenvalue weighted by atomic mass is 10.5. The van der Waals surface area contributed by atoms with Gasteiger partial charge in [-0.15, -0.1) is 11.8 Å². The standard InChI is InChI=1S/C7H10F3NO3S/c1-11(2-6(13)14)5(12)3-15-4-7(8,9)10/h2-4H2,1H3,(H,13,14). The molecule has 0 atom stereocenters. The number of amides is 1. The lowest BCUT2D eigenvalue weighted by molar-refractivity contribution is -0.142. The lowest BCUT2D eigenvalue weighted by Gasteiger charge is -2.14. The Labute approximate surface area is 88.4 Å². The predicted molar refractivity (Wildman–Crippen MR) is 48.7 cm³/mol. The van der Waals surface area contributed by atoms with E-state index in [0.717, 1.165) is 4.90 Å². The number of carbonyl (C=O) groups excluding carboxylic acids is 1. The Morgan fingerprint density at radius 1 is 1.40 bits per heavy atom. The highest BCUT2D eigenvalue weighted by molar-refractivity contribution is 8.00. The molecular formula is C7H10F3NO3S. The van der Waals surface area contributed by atoms with E-state index < -0.39 is 30.4 Å². The molecule has 4 nitrogen and oxygen atoms in total. The van der Waals surface area contributed by atoms with Crippen LogP contribution in [-0.4, -0.2) is 53.2 Å². The quantitative estimate of drug-likeness (QED) is 0.779. The molecule has 88 valence electrons. The van der Waals surface area contributed by atoms with Crippen LogP contribution < -0.4 is 0 Å². The van der Waals surface area contributed by atoms with E-state index in [1.165, 1.54) is 7.05 Å². The molecule has 0 aliphatic heterocycles. The minimum atomic E-state index is -4.31. The van der Waals surface area contributed by atoms with E-state index in [0.29, 0.717) is 11.8 Å². The number of hydrogen-bond donors (Lipinski definition) is 1. The van der Waals surface area contributed by atoms with Gasteiger partial charge in [-0.3, -0.25) is 9.59 Å². The molecule has 0 unspecified atom stereocenters. The van der Waals surface area contributed by atoms with Crippen molar-refractivity contribution in [2.75, 3.05) is 25.1 Å². The molecule has 0 aromatic carbocycles. The number of carboxylic acids is 1. The number of alkyl halides is 3. The van der Waals surface area contributed by atoms with E-state index in [1.54, 1.807) is 0 Å². The third kappa shape index (κ3) is 8.10. The van der Waals surface area contributed by atoms with Crippen LogP contribution in [-0.2, 0) is 9.59 Å². The summed E-state index contributed by atoms with van der Waals surface area (Å²) in [5, 5.41) is 8.31. The van der Waals surface area contributed by atoms with E-state index >= 15 is 0 Å². The lowest BCUT2D eigenvalue weighted by Crippen LogP contribution is -2.33. The van der Waals surface area contributed by atoms with Gasteiger partial charge in [0.25, 0.3) is 0 Å². The summed E-state index contributed by atoms with van der Waals surface area (Å²) in [7, 11) is 1.23. The highest BCUT2D eigenvalue weighted by Gasteiger charge is 2.27. The fourth-order valence-electron chi connectivity index (χ4n) is 0.655. The van der Waals surface area contributed by atoms with E-state index in [2.05, 4.69) is 0 Å². The van der Waals surface area contributed by atoms with Gasteiger partial charge in [0.1, 0.15) is 6.54 Å². The second-order valence-electron chi connectivity index (χ2n) is 2.75. The van der Waals surface area contributed by atoms with Gasteiger partial charge in [0, 0.05) is 7.05 Å². The minimum Gasteiger partial charge on any atom is -0.480 e. The van der Waals surface area contributed by atoms with Crippen molar-refractivity contribution in [1.82, 2.24) is 4.90 Å². The van der Waals surface area contributed by atoms with Crippen molar-refractivity contribution < 1.29 is 27.9 Å². The predicted octanol–water partition coefficient (Wildman–Crippen LogP) is 0.825. The number of aliphatic carboxylic acids is 1. The first-order valence-electron chi connectivity index (χ1n) is 3.82. The fourth-order valence-corrected chi connectivity index (χ4v) is 1.38. The Morgan fingerprint density at radius 2 is 1.93 bits per heavy atom. The van der Waals surface area contributed by atoms with Gasteiger partial charge in [-0.05, 0) is 0 Å². The number of rotatable bonds is 5. The first-order chi connectivity index (χ1) is 6.72. The molecule has 0 radical (unpaired) electrons. The van der Waals surface area contributed by atoms with E-state index in [1.807, 2.05) is 0 Å². The van der Waals surface area contributed by atoms with Crippen LogP contribution in [0.3, 0.4) is 0 Å². The first kappa shape index (κ1) is 14.1. The summed E-state index contributed by atoms with van der Waals surface area (Å²) in [5.41, 5.74) is 0. The fraction of sp³-hybridized carbons (Fsp3) is 0.714. The summed E-state index contributed by atoms with van der Waals surface area (Å²) in [5.74, 6) is -3.32. The summed E-state index contributed by atoms with van der Waals surface area (Å²) in [6.45, 7) is -0.509. The Morgan fingerprint density at radius 3 is 2.33 bits per heavy atom. The van der Waals surface area contributed by atoms with E-state index in [4.69, 9.17) is 5.11 Å². The molecule has 0 aromatic rings. The van der Waals surface area contributed by atoms with Gasteiger partial charge in [-0.25, -0.2) is 0 Å². The SMILES string of the molecule is CN(CC(=O)O)C(=O)CSCC(F)(F)F. The molecule has 0 aliphatic rings.